The molecule has 5 heterocycles. The number of oxazole rings is 1. The maximum absolute atomic E-state index is 9.68. The predicted octanol–water partition coefficient (Wildman–Crippen LogP) is 8.05. The van der Waals surface area contributed by atoms with Crippen LogP contribution in [0.15, 0.2) is 96.2 Å². The van der Waals surface area contributed by atoms with Gasteiger partial charge in [-0.1, -0.05) is 19.1 Å². The first-order valence-corrected chi connectivity index (χ1v) is 14.3. The van der Waals surface area contributed by atoms with Gasteiger partial charge in [0.1, 0.15) is 11.3 Å². The number of allylic oxidation sites excluding steroid dienone is 2. The van der Waals surface area contributed by atoms with Crippen LogP contribution in [0.4, 0.5) is 0 Å². The smallest absolute Gasteiger partial charge is 0.195 e. The highest BCUT2D eigenvalue weighted by atomic mass is 16.3. The fourth-order valence-corrected chi connectivity index (χ4v) is 5.12. The molecule has 0 amide bonds. The molecule has 0 unspecified atom stereocenters. The summed E-state index contributed by atoms with van der Waals surface area (Å²) >= 11 is 0. The molecule has 0 aliphatic carbocycles. The highest BCUT2D eigenvalue weighted by Crippen LogP contribution is 2.33. The maximum Gasteiger partial charge on any atom is 0.195 e. The molecule has 7 aromatic rings. The van der Waals surface area contributed by atoms with Gasteiger partial charge in [0.25, 0.3) is 0 Å². The van der Waals surface area contributed by atoms with E-state index in [9.17, 15) is 15.6 Å². The highest BCUT2D eigenvalue weighted by molar-refractivity contribution is 6.11. The molecule has 0 saturated carbocycles. The fraction of sp³-hybridized carbons (Fsp3) is 0.0833. The number of fused-ring (bicyclic) bond motifs is 4. The summed E-state index contributed by atoms with van der Waals surface area (Å²) in [5.74, 6) is 0.906. The molecule has 0 atom stereocenters. The Morgan fingerprint density at radius 2 is 1.51 bits per heavy atom. The van der Waals surface area contributed by atoms with Gasteiger partial charge in [-0.25, -0.2) is 4.98 Å². The highest BCUT2D eigenvalue weighted by Gasteiger charge is 2.16. The molecule has 218 valence electrons. The number of hydrogen-bond donors (Lipinski definition) is 3. The maximum atomic E-state index is 9.68. The second-order valence-electron chi connectivity index (χ2n) is 10.2. The van der Waals surface area contributed by atoms with Crippen molar-refractivity contribution in [3.8, 4) is 17.9 Å². The van der Waals surface area contributed by atoms with Crippen LogP contribution in [0.3, 0.4) is 0 Å². The molecular weight excluding hydrogens is 562 g/mol. The Morgan fingerprint density at radius 3 is 2.16 bits per heavy atom. The summed E-state index contributed by atoms with van der Waals surface area (Å²) < 4.78 is 5.84. The molecule has 0 radical (unpaired) electrons. The third-order valence-electron chi connectivity index (χ3n) is 7.19. The van der Waals surface area contributed by atoms with Crippen molar-refractivity contribution in [1.29, 1.82) is 10.5 Å². The van der Waals surface area contributed by atoms with E-state index in [1.54, 1.807) is 55.3 Å². The number of nitriles is 2. The zero-order valence-corrected chi connectivity index (χ0v) is 24.3. The topological polar surface area (TPSA) is 151 Å². The van der Waals surface area contributed by atoms with Gasteiger partial charge in [0.2, 0.25) is 0 Å². The zero-order valence-electron chi connectivity index (χ0n) is 24.3. The van der Waals surface area contributed by atoms with E-state index in [0.29, 0.717) is 11.1 Å². The van der Waals surface area contributed by atoms with Crippen molar-refractivity contribution >= 4 is 56.2 Å². The van der Waals surface area contributed by atoms with Crippen molar-refractivity contribution in [2.75, 3.05) is 0 Å². The number of pyridine rings is 2. The van der Waals surface area contributed by atoms with Crippen LogP contribution in [0.5, 0.6) is 5.75 Å². The lowest BCUT2D eigenvalue weighted by molar-refractivity contribution is 0.476. The number of aryl methyl sites for hydroxylation is 1. The number of aromatic nitrogens is 5. The van der Waals surface area contributed by atoms with Gasteiger partial charge in [0.05, 0.1) is 23.3 Å². The van der Waals surface area contributed by atoms with Crippen LogP contribution < -0.4 is 0 Å². The minimum atomic E-state index is 0.178. The summed E-state index contributed by atoms with van der Waals surface area (Å²) in [5, 5.41) is 30.4. The molecule has 9 heteroatoms. The van der Waals surface area contributed by atoms with Crippen LogP contribution in [0, 0.1) is 22.7 Å². The Kier molecular flexibility index (Phi) is 8.17. The Balaban J connectivity index is 0.000000163. The quantitative estimate of drug-likeness (QED) is 0.166. The molecular formula is C36H27N7O2. The fourth-order valence-electron chi connectivity index (χ4n) is 5.12. The molecule has 0 fully saturated rings. The molecule has 0 aliphatic heterocycles. The van der Waals surface area contributed by atoms with Crippen LogP contribution >= 0.6 is 0 Å². The normalized spacial score (nSPS) is 11.7. The summed E-state index contributed by atoms with van der Waals surface area (Å²) in [6.07, 6.45) is 15.8. The monoisotopic (exact) mass is 589 g/mol. The molecule has 0 bridgehead atoms. The van der Waals surface area contributed by atoms with E-state index in [0.717, 1.165) is 73.9 Å². The number of rotatable bonds is 6. The summed E-state index contributed by atoms with van der Waals surface area (Å²) in [5.41, 5.74) is 7.77. The van der Waals surface area contributed by atoms with Gasteiger partial charge in [0, 0.05) is 76.5 Å². The minimum absolute atomic E-state index is 0.178. The van der Waals surface area contributed by atoms with Crippen LogP contribution in [0.25, 0.3) is 56.2 Å². The van der Waals surface area contributed by atoms with E-state index < -0.39 is 0 Å². The predicted molar refractivity (Wildman–Crippen MR) is 175 cm³/mol. The number of nitrogens with zero attached hydrogens (tertiary/aromatic N) is 5. The van der Waals surface area contributed by atoms with E-state index in [2.05, 4.69) is 44.0 Å². The van der Waals surface area contributed by atoms with Crippen LogP contribution in [0.1, 0.15) is 41.5 Å². The van der Waals surface area contributed by atoms with Gasteiger partial charge in [-0.2, -0.15) is 10.5 Å². The number of H-pyrrole nitrogens is 2. The average Bonchev–Trinajstić information content (AvgIpc) is 3.80. The third kappa shape index (κ3) is 6.05. The number of benzene rings is 2. The number of aromatic hydroxyl groups is 1. The summed E-state index contributed by atoms with van der Waals surface area (Å²) in [4.78, 5) is 19.1. The SMILES string of the molecule is CCCc1nc2c(ccc3[nH]cc(/C(C#N)=C/c4cccnc4)c32)o1.N#C/C(=C\c1cccnc1)c1c[nH]c2ccc(O)cc12. The molecule has 0 saturated heterocycles. The number of aromatic amines is 2. The molecule has 9 nitrogen and oxygen atoms in total. The second kappa shape index (κ2) is 12.8. The van der Waals surface area contributed by atoms with Crippen molar-refractivity contribution in [2.24, 2.45) is 0 Å². The summed E-state index contributed by atoms with van der Waals surface area (Å²) in [6.45, 7) is 2.09. The lowest BCUT2D eigenvalue weighted by Gasteiger charge is -1.99. The van der Waals surface area contributed by atoms with Crippen LogP contribution in [-0.4, -0.2) is 30.0 Å². The van der Waals surface area contributed by atoms with Crippen molar-refractivity contribution in [3.05, 3.63) is 120 Å². The first kappa shape index (κ1) is 28.7. The molecule has 0 spiro atoms. The number of phenols is 1. The molecule has 45 heavy (non-hydrogen) atoms. The van der Waals surface area contributed by atoms with Crippen molar-refractivity contribution in [1.82, 2.24) is 24.9 Å². The Bertz CT molecular complexity index is 2260. The first-order chi connectivity index (χ1) is 22.1. The molecule has 3 N–H and O–H groups in total. The number of nitrogens with one attached hydrogen (secondary N) is 2. The Labute approximate surface area is 258 Å². The van der Waals surface area contributed by atoms with Gasteiger partial charge in [-0.15, -0.1) is 0 Å². The lowest BCUT2D eigenvalue weighted by Crippen LogP contribution is -1.84. The van der Waals surface area contributed by atoms with Gasteiger partial charge >= 0.3 is 0 Å². The number of hydrogen-bond acceptors (Lipinski definition) is 7. The first-order valence-electron chi connectivity index (χ1n) is 14.3. The standard InChI is InChI=1S/C20H16N4O.C16H11N3O/c1-2-4-18-24-20-17(25-18)7-6-16-19(20)15(12-23-16)14(10-21)9-13-5-3-8-22-11-13;17-8-12(6-11-2-1-5-18-9-11)15-10-19-16-4-3-13(20)7-14(15)16/h3,5-9,11-12,23H,2,4H2,1H3;1-7,9-10,19-20H/b14-9+;12-6+. The van der Waals surface area contributed by atoms with Crippen LogP contribution in [-0.2, 0) is 6.42 Å². The molecule has 2 aromatic carbocycles. The summed E-state index contributed by atoms with van der Waals surface area (Å²) in [7, 11) is 0. The van der Waals surface area contributed by atoms with E-state index >= 15 is 0 Å². The lowest BCUT2D eigenvalue weighted by atomic mass is 10.0. The van der Waals surface area contributed by atoms with E-state index in [1.165, 1.54) is 0 Å². The van der Waals surface area contributed by atoms with Gasteiger partial charge in [-0.3, -0.25) is 9.97 Å². The molecule has 0 aliphatic rings. The van der Waals surface area contributed by atoms with E-state index in [4.69, 9.17) is 4.42 Å². The van der Waals surface area contributed by atoms with Crippen molar-refractivity contribution in [3.63, 3.8) is 0 Å². The number of phenolic OH excluding ortho intramolecular Hbond substituents is 1. The third-order valence-corrected chi connectivity index (χ3v) is 7.19. The van der Waals surface area contributed by atoms with Gasteiger partial charge in [-0.05, 0) is 72.2 Å². The van der Waals surface area contributed by atoms with E-state index in [-0.39, 0.29) is 5.75 Å². The second-order valence-corrected chi connectivity index (χ2v) is 10.2. The van der Waals surface area contributed by atoms with Gasteiger partial charge in [0.15, 0.2) is 11.5 Å². The van der Waals surface area contributed by atoms with Crippen molar-refractivity contribution in [2.45, 2.75) is 19.8 Å². The molecule has 7 rings (SSSR count). The molecule has 5 aromatic heterocycles. The Morgan fingerprint density at radius 1 is 0.867 bits per heavy atom. The summed E-state index contributed by atoms with van der Waals surface area (Å²) in [6, 6.07) is 20.9. The largest absolute Gasteiger partial charge is 0.508 e. The zero-order chi connectivity index (χ0) is 31.2. The van der Waals surface area contributed by atoms with Crippen molar-refractivity contribution < 1.29 is 9.52 Å². The Hall–Kier alpha value is -6.45. The minimum Gasteiger partial charge on any atom is -0.508 e. The van der Waals surface area contributed by atoms with Crippen LogP contribution in [0.2, 0.25) is 0 Å². The average molecular weight is 590 g/mol. The van der Waals surface area contributed by atoms with E-state index in [1.807, 2.05) is 48.7 Å². The van der Waals surface area contributed by atoms with Gasteiger partial charge < -0.3 is 19.5 Å².